The molecule has 0 fully saturated rings. The fraction of sp³-hybridized carbons (Fsp3) is 0.500. The van der Waals surface area contributed by atoms with Gasteiger partial charge >= 0.3 is 0 Å². The van der Waals surface area contributed by atoms with Gasteiger partial charge < -0.3 is 5.32 Å². The maximum Gasteiger partial charge on any atom is 0.238 e. The Hall–Kier alpha value is -0.830. The Labute approximate surface area is 112 Å². The van der Waals surface area contributed by atoms with E-state index in [9.17, 15) is 4.79 Å². The summed E-state index contributed by atoms with van der Waals surface area (Å²) >= 11 is 3.46. The summed E-state index contributed by atoms with van der Waals surface area (Å²) in [5, 5.41) is 3.00. The van der Waals surface area contributed by atoms with Crippen LogP contribution in [0.4, 0.5) is 5.69 Å². The Morgan fingerprint density at radius 1 is 1.24 bits per heavy atom. The molecule has 0 radical (unpaired) electrons. The molecule has 0 spiro atoms. The number of hydrogen-bond acceptors (Lipinski definition) is 1. The maximum atomic E-state index is 12.1. The van der Waals surface area contributed by atoms with Crippen molar-refractivity contribution in [3.8, 4) is 0 Å². The molecule has 1 aromatic carbocycles. The van der Waals surface area contributed by atoms with Gasteiger partial charge in [0.1, 0.15) is 0 Å². The van der Waals surface area contributed by atoms with E-state index in [1.54, 1.807) is 0 Å². The average Bonchev–Trinajstić information content (AvgIpc) is 2.21. The molecule has 0 bridgehead atoms. The van der Waals surface area contributed by atoms with Gasteiger partial charge in [-0.1, -0.05) is 54.9 Å². The van der Waals surface area contributed by atoms with Crippen LogP contribution in [0.5, 0.6) is 0 Å². The lowest BCUT2D eigenvalue weighted by atomic mass is 9.91. The fourth-order valence-electron chi connectivity index (χ4n) is 1.59. The Balaban J connectivity index is 2.89. The van der Waals surface area contributed by atoms with E-state index in [1.807, 2.05) is 52.8 Å². The van der Waals surface area contributed by atoms with Gasteiger partial charge in [0.05, 0.1) is 4.83 Å². The molecule has 1 aromatic rings. The lowest BCUT2D eigenvalue weighted by Crippen LogP contribution is -2.34. The summed E-state index contributed by atoms with van der Waals surface area (Å²) in [5.41, 5.74) is 3.01. The van der Waals surface area contributed by atoms with Gasteiger partial charge in [0.15, 0.2) is 0 Å². The highest BCUT2D eigenvalue weighted by molar-refractivity contribution is 9.10. The zero-order chi connectivity index (χ0) is 13.2. The normalized spacial score (nSPS) is 13.3. The lowest BCUT2D eigenvalue weighted by Gasteiger charge is -2.25. The van der Waals surface area contributed by atoms with Crippen molar-refractivity contribution in [2.24, 2.45) is 5.41 Å². The van der Waals surface area contributed by atoms with Crippen LogP contribution in [-0.2, 0) is 4.79 Å². The SMILES string of the molecule is Cc1cccc(C)c1NC(=O)C(Br)C(C)(C)C. The third-order valence-electron chi connectivity index (χ3n) is 2.72. The summed E-state index contributed by atoms with van der Waals surface area (Å²) < 4.78 is 0. The number of halogens is 1. The molecule has 1 N–H and O–H groups in total. The summed E-state index contributed by atoms with van der Waals surface area (Å²) in [7, 11) is 0. The summed E-state index contributed by atoms with van der Waals surface area (Å²) in [4.78, 5) is 11.9. The third-order valence-corrected chi connectivity index (χ3v) is 4.51. The van der Waals surface area contributed by atoms with Gasteiger partial charge in [-0.3, -0.25) is 4.79 Å². The van der Waals surface area contributed by atoms with Crippen molar-refractivity contribution in [2.75, 3.05) is 5.32 Å². The molecular weight excluding hydrogens is 278 g/mol. The molecule has 17 heavy (non-hydrogen) atoms. The zero-order valence-electron chi connectivity index (χ0n) is 11.1. The summed E-state index contributed by atoms with van der Waals surface area (Å²) in [6, 6.07) is 6.00. The molecule has 1 rings (SSSR count). The van der Waals surface area contributed by atoms with E-state index in [0.29, 0.717) is 0 Å². The van der Waals surface area contributed by atoms with Crippen LogP contribution in [-0.4, -0.2) is 10.7 Å². The average molecular weight is 298 g/mol. The van der Waals surface area contributed by atoms with E-state index in [-0.39, 0.29) is 16.1 Å². The van der Waals surface area contributed by atoms with Gasteiger partial charge in [0.25, 0.3) is 0 Å². The molecule has 1 unspecified atom stereocenters. The molecular formula is C14H20BrNO. The first-order valence-corrected chi connectivity index (χ1v) is 6.66. The minimum absolute atomic E-state index is 0.00917. The Morgan fingerprint density at radius 2 is 1.71 bits per heavy atom. The highest BCUT2D eigenvalue weighted by Gasteiger charge is 2.28. The van der Waals surface area contributed by atoms with Crippen molar-refractivity contribution in [3.05, 3.63) is 29.3 Å². The predicted molar refractivity (Wildman–Crippen MR) is 76.7 cm³/mol. The molecule has 2 nitrogen and oxygen atoms in total. The van der Waals surface area contributed by atoms with Gasteiger partial charge in [-0.15, -0.1) is 0 Å². The first-order valence-electron chi connectivity index (χ1n) is 5.74. The van der Waals surface area contributed by atoms with Gasteiger partial charge in [-0.25, -0.2) is 0 Å². The number of benzene rings is 1. The summed E-state index contributed by atoms with van der Waals surface area (Å²) in [5.74, 6) is 0.00917. The quantitative estimate of drug-likeness (QED) is 0.820. The van der Waals surface area contributed by atoms with Crippen LogP contribution in [0.15, 0.2) is 18.2 Å². The van der Waals surface area contributed by atoms with Crippen LogP contribution in [0, 0.1) is 19.3 Å². The molecule has 0 aliphatic heterocycles. The lowest BCUT2D eigenvalue weighted by molar-refractivity contribution is -0.117. The Kier molecular flexibility index (Phi) is 4.36. The highest BCUT2D eigenvalue weighted by Crippen LogP contribution is 2.28. The number of amides is 1. The van der Waals surface area contributed by atoms with Crippen LogP contribution in [0.3, 0.4) is 0 Å². The van der Waals surface area contributed by atoms with E-state index >= 15 is 0 Å². The Bertz CT molecular complexity index is 400. The second kappa shape index (κ2) is 5.21. The largest absolute Gasteiger partial charge is 0.325 e. The zero-order valence-corrected chi connectivity index (χ0v) is 12.7. The van der Waals surface area contributed by atoms with Crippen molar-refractivity contribution < 1.29 is 4.79 Å². The second-order valence-electron chi connectivity index (χ2n) is 5.48. The second-order valence-corrected chi connectivity index (χ2v) is 6.40. The van der Waals surface area contributed by atoms with Gasteiger partial charge in [-0.2, -0.15) is 0 Å². The van der Waals surface area contributed by atoms with Crippen LogP contribution in [0.2, 0.25) is 0 Å². The third kappa shape index (κ3) is 3.56. The van der Waals surface area contributed by atoms with Crippen molar-refractivity contribution in [1.82, 2.24) is 0 Å². The van der Waals surface area contributed by atoms with Crippen molar-refractivity contribution in [1.29, 1.82) is 0 Å². The molecule has 0 aliphatic rings. The van der Waals surface area contributed by atoms with E-state index < -0.39 is 0 Å². The van der Waals surface area contributed by atoms with Crippen LogP contribution in [0.1, 0.15) is 31.9 Å². The van der Waals surface area contributed by atoms with Crippen molar-refractivity contribution in [2.45, 2.75) is 39.4 Å². The standard InChI is InChI=1S/C14H20BrNO/c1-9-7-6-8-10(2)11(9)16-13(17)12(15)14(3,4)5/h6-8,12H,1-5H3,(H,16,17). The number of hydrogen-bond donors (Lipinski definition) is 1. The van der Waals surface area contributed by atoms with Crippen molar-refractivity contribution in [3.63, 3.8) is 0 Å². The van der Waals surface area contributed by atoms with E-state index in [2.05, 4.69) is 21.2 Å². The van der Waals surface area contributed by atoms with Crippen LogP contribution >= 0.6 is 15.9 Å². The molecule has 94 valence electrons. The van der Waals surface area contributed by atoms with E-state index in [1.165, 1.54) is 0 Å². The number of anilines is 1. The summed E-state index contributed by atoms with van der Waals surface area (Å²) in [6.45, 7) is 10.1. The molecule has 0 heterocycles. The number of carbonyl (C=O) groups excluding carboxylic acids is 1. The Morgan fingerprint density at radius 3 is 2.12 bits per heavy atom. The monoisotopic (exact) mass is 297 g/mol. The molecule has 0 saturated heterocycles. The number of para-hydroxylation sites is 1. The minimum Gasteiger partial charge on any atom is -0.325 e. The fourth-order valence-corrected chi connectivity index (χ4v) is 1.71. The molecule has 0 saturated carbocycles. The number of alkyl halides is 1. The van der Waals surface area contributed by atoms with Crippen molar-refractivity contribution >= 4 is 27.5 Å². The molecule has 1 atom stereocenters. The smallest absolute Gasteiger partial charge is 0.238 e. The van der Waals surface area contributed by atoms with Gasteiger partial charge in [-0.05, 0) is 30.4 Å². The van der Waals surface area contributed by atoms with E-state index in [0.717, 1.165) is 16.8 Å². The topological polar surface area (TPSA) is 29.1 Å². The summed E-state index contributed by atoms with van der Waals surface area (Å²) in [6.07, 6.45) is 0. The highest BCUT2D eigenvalue weighted by atomic mass is 79.9. The molecule has 3 heteroatoms. The maximum absolute atomic E-state index is 12.1. The number of aryl methyl sites for hydroxylation is 2. The first kappa shape index (κ1) is 14.2. The molecule has 0 aliphatic carbocycles. The predicted octanol–water partition coefficient (Wildman–Crippen LogP) is 4.05. The number of carbonyl (C=O) groups is 1. The minimum atomic E-state index is -0.200. The number of nitrogens with one attached hydrogen (secondary N) is 1. The van der Waals surface area contributed by atoms with Crippen LogP contribution < -0.4 is 5.32 Å². The van der Waals surface area contributed by atoms with Gasteiger partial charge in [0.2, 0.25) is 5.91 Å². The van der Waals surface area contributed by atoms with Crippen LogP contribution in [0.25, 0.3) is 0 Å². The molecule has 0 aromatic heterocycles. The number of rotatable bonds is 2. The van der Waals surface area contributed by atoms with Gasteiger partial charge in [0, 0.05) is 5.69 Å². The first-order chi connectivity index (χ1) is 7.73. The molecule has 1 amide bonds. The van der Waals surface area contributed by atoms with E-state index in [4.69, 9.17) is 0 Å².